The molecule has 1 aromatic heterocycles. The molecule has 0 amide bonds. The Hall–Kier alpha value is -2.41. The van der Waals surface area contributed by atoms with E-state index in [1.165, 1.54) is 6.26 Å². The Labute approximate surface area is 128 Å². The van der Waals surface area contributed by atoms with Gasteiger partial charge in [-0.2, -0.15) is 5.11 Å². The second kappa shape index (κ2) is 5.42. The van der Waals surface area contributed by atoms with Crippen LogP contribution < -0.4 is 0 Å². The zero-order chi connectivity index (χ0) is 15.7. The first kappa shape index (κ1) is 14.5. The molecule has 2 aromatic rings. The molecular weight excluding hydrogens is 300 g/mol. The summed E-state index contributed by atoms with van der Waals surface area (Å²) < 4.78 is 24.3. The van der Waals surface area contributed by atoms with E-state index in [1.54, 1.807) is 24.5 Å². The zero-order valence-corrected chi connectivity index (χ0v) is 13.0. The predicted octanol–water partition coefficient (Wildman–Crippen LogP) is 2.63. The van der Waals surface area contributed by atoms with Gasteiger partial charge in [0.1, 0.15) is 0 Å². The van der Waals surface area contributed by atoms with Gasteiger partial charge >= 0.3 is 0 Å². The van der Waals surface area contributed by atoms with E-state index >= 15 is 0 Å². The summed E-state index contributed by atoms with van der Waals surface area (Å²) in [5.74, 6) is 0.347. The second-order valence-electron chi connectivity index (χ2n) is 5.01. The number of azo groups is 1. The molecule has 2 heterocycles. The van der Waals surface area contributed by atoms with Gasteiger partial charge < -0.3 is 0 Å². The predicted molar refractivity (Wildman–Crippen MR) is 83.8 cm³/mol. The summed E-state index contributed by atoms with van der Waals surface area (Å²) in [6.07, 6.45) is 4.59. The minimum atomic E-state index is -3.42. The van der Waals surface area contributed by atoms with Crippen molar-refractivity contribution in [1.82, 2.24) is 4.98 Å². The Morgan fingerprint density at radius 3 is 2.59 bits per heavy atom. The summed E-state index contributed by atoms with van der Waals surface area (Å²) in [4.78, 5) is 8.53. The summed E-state index contributed by atoms with van der Waals surface area (Å²) >= 11 is 0. The quantitative estimate of drug-likeness (QED) is 0.873. The molecule has 0 bridgehead atoms. The van der Waals surface area contributed by atoms with Crippen LogP contribution in [0.4, 0.5) is 0 Å². The van der Waals surface area contributed by atoms with Crippen LogP contribution in [0.5, 0.6) is 0 Å². The third-order valence-electron chi connectivity index (χ3n) is 3.43. The number of rotatable bonds is 3. The van der Waals surface area contributed by atoms with Crippen LogP contribution in [0.3, 0.4) is 0 Å². The maximum absolute atomic E-state index is 12.1. The Kier molecular flexibility index (Phi) is 3.58. The highest BCUT2D eigenvalue weighted by Crippen LogP contribution is 2.32. The number of benzene rings is 1. The van der Waals surface area contributed by atoms with Crippen LogP contribution in [-0.4, -0.2) is 32.2 Å². The van der Waals surface area contributed by atoms with Gasteiger partial charge in [0.05, 0.1) is 4.90 Å². The standard InChI is InChI=1S/C15H14N4O2S/c1-10-6-7-16-8-12(10)11-4-3-5-13(22(2,20)21)14(11)15-17-9-18-19-15/h3-8H,9H2,1-2H3. The number of aryl methyl sites for hydroxylation is 1. The van der Waals surface area contributed by atoms with Crippen molar-refractivity contribution in [2.75, 3.05) is 12.9 Å². The van der Waals surface area contributed by atoms with Crippen molar-refractivity contribution in [2.45, 2.75) is 11.8 Å². The van der Waals surface area contributed by atoms with Gasteiger partial charge in [0.15, 0.2) is 22.3 Å². The zero-order valence-electron chi connectivity index (χ0n) is 12.2. The molecule has 0 saturated heterocycles. The number of nitrogens with zero attached hydrogens (tertiary/aromatic N) is 4. The first-order chi connectivity index (χ1) is 10.5. The molecule has 0 unspecified atom stereocenters. The highest BCUT2D eigenvalue weighted by molar-refractivity contribution is 7.90. The van der Waals surface area contributed by atoms with E-state index in [2.05, 4.69) is 20.2 Å². The molecule has 7 heteroatoms. The van der Waals surface area contributed by atoms with Gasteiger partial charge in [0, 0.05) is 29.8 Å². The Balaban J connectivity index is 2.37. The minimum Gasteiger partial charge on any atom is -0.264 e. The average Bonchev–Trinajstić information content (AvgIpc) is 3.00. The van der Waals surface area contributed by atoms with Crippen molar-refractivity contribution in [3.05, 3.63) is 47.8 Å². The first-order valence-corrected chi connectivity index (χ1v) is 8.54. The molecule has 6 nitrogen and oxygen atoms in total. The fourth-order valence-corrected chi connectivity index (χ4v) is 3.30. The van der Waals surface area contributed by atoms with Crippen LogP contribution >= 0.6 is 0 Å². The van der Waals surface area contributed by atoms with Gasteiger partial charge in [-0.15, -0.1) is 5.11 Å². The van der Waals surface area contributed by atoms with Gasteiger partial charge in [-0.25, -0.2) is 13.4 Å². The molecular formula is C15H14N4O2S. The van der Waals surface area contributed by atoms with E-state index in [9.17, 15) is 8.42 Å². The summed E-state index contributed by atoms with van der Waals surface area (Å²) in [5.41, 5.74) is 3.08. The molecule has 0 saturated carbocycles. The third kappa shape index (κ3) is 2.55. The lowest BCUT2D eigenvalue weighted by atomic mass is 9.97. The molecule has 1 aliphatic rings. The Bertz CT molecular complexity index is 902. The minimum absolute atomic E-state index is 0.202. The van der Waals surface area contributed by atoms with Crippen LogP contribution in [-0.2, 0) is 9.84 Å². The highest BCUT2D eigenvalue weighted by atomic mass is 32.2. The normalized spacial score (nSPS) is 14.2. The molecule has 1 aromatic carbocycles. The largest absolute Gasteiger partial charge is 0.264 e. The van der Waals surface area contributed by atoms with Crippen LogP contribution in [0.2, 0.25) is 0 Å². The number of pyridine rings is 1. The molecule has 0 N–H and O–H groups in total. The molecule has 0 radical (unpaired) electrons. The van der Waals surface area contributed by atoms with Gasteiger partial charge in [-0.05, 0) is 30.2 Å². The van der Waals surface area contributed by atoms with E-state index in [0.717, 1.165) is 16.7 Å². The average molecular weight is 314 g/mol. The van der Waals surface area contributed by atoms with Crippen LogP contribution in [0.15, 0.2) is 56.8 Å². The van der Waals surface area contributed by atoms with Gasteiger partial charge in [-0.1, -0.05) is 12.1 Å². The summed E-state index contributed by atoms with van der Waals surface area (Å²) in [6, 6.07) is 7.01. The Morgan fingerprint density at radius 1 is 1.14 bits per heavy atom. The number of aromatic nitrogens is 1. The number of aliphatic imine (C=N–C) groups is 1. The molecule has 22 heavy (non-hydrogen) atoms. The molecule has 0 atom stereocenters. The lowest BCUT2D eigenvalue weighted by Gasteiger charge is -2.13. The molecule has 3 rings (SSSR count). The molecule has 0 spiro atoms. The topological polar surface area (TPSA) is 84.1 Å². The molecule has 0 fully saturated rings. The van der Waals surface area contributed by atoms with Crippen molar-refractivity contribution in [3.63, 3.8) is 0 Å². The van der Waals surface area contributed by atoms with Crippen molar-refractivity contribution < 1.29 is 8.42 Å². The van der Waals surface area contributed by atoms with Gasteiger partial charge in [-0.3, -0.25) is 4.98 Å². The number of amidine groups is 1. The van der Waals surface area contributed by atoms with Crippen molar-refractivity contribution >= 4 is 15.7 Å². The fraction of sp³-hybridized carbons (Fsp3) is 0.200. The maximum Gasteiger partial charge on any atom is 0.180 e. The lowest BCUT2D eigenvalue weighted by molar-refractivity contribution is 0.601. The van der Waals surface area contributed by atoms with E-state index in [1.807, 2.05) is 19.1 Å². The molecule has 112 valence electrons. The monoisotopic (exact) mass is 314 g/mol. The van der Waals surface area contributed by atoms with Crippen LogP contribution in [0, 0.1) is 6.92 Å². The highest BCUT2D eigenvalue weighted by Gasteiger charge is 2.23. The summed E-state index contributed by atoms with van der Waals surface area (Å²) in [5, 5.41) is 7.82. The number of sulfone groups is 1. The van der Waals surface area contributed by atoms with E-state index in [-0.39, 0.29) is 11.6 Å². The molecule has 0 aliphatic carbocycles. The van der Waals surface area contributed by atoms with E-state index in [4.69, 9.17) is 0 Å². The van der Waals surface area contributed by atoms with Crippen LogP contribution in [0.1, 0.15) is 11.1 Å². The first-order valence-electron chi connectivity index (χ1n) is 6.65. The fourth-order valence-electron chi connectivity index (χ4n) is 2.40. The Morgan fingerprint density at radius 2 is 1.95 bits per heavy atom. The van der Waals surface area contributed by atoms with Crippen molar-refractivity contribution in [1.29, 1.82) is 0 Å². The summed E-state index contributed by atoms with van der Waals surface area (Å²) in [7, 11) is -3.42. The number of hydrogen-bond acceptors (Lipinski definition) is 6. The van der Waals surface area contributed by atoms with Crippen molar-refractivity contribution in [3.8, 4) is 11.1 Å². The smallest absolute Gasteiger partial charge is 0.180 e. The third-order valence-corrected chi connectivity index (χ3v) is 4.57. The summed E-state index contributed by atoms with van der Waals surface area (Å²) in [6.45, 7) is 2.17. The maximum atomic E-state index is 12.1. The van der Waals surface area contributed by atoms with E-state index < -0.39 is 9.84 Å². The molecule has 1 aliphatic heterocycles. The van der Waals surface area contributed by atoms with E-state index in [0.29, 0.717) is 11.4 Å². The second-order valence-corrected chi connectivity index (χ2v) is 6.99. The van der Waals surface area contributed by atoms with Crippen molar-refractivity contribution in [2.24, 2.45) is 15.2 Å². The van der Waals surface area contributed by atoms with Gasteiger partial charge in [0.2, 0.25) is 0 Å². The number of hydrogen-bond donors (Lipinski definition) is 0. The SMILES string of the molecule is Cc1ccncc1-c1cccc(S(C)(=O)=O)c1C1=NCN=N1. The lowest BCUT2D eigenvalue weighted by Crippen LogP contribution is -2.09. The van der Waals surface area contributed by atoms with Crippen LogP contribution in [0.25, 0.3) is 11.1 Å². The van der Waals surface area contributed by atoms with Gasteiger partial charge in [0.25, 0.3) is 0 Å².